The molecule has 0 radical (unpaired) electrons. The second kappa shape index (κ2) is 7.28. The van der Waals surface area contributed by atoms with E-state index < -0.39 is 0 Å². The molecule has 2 heterocycles. The highest BCUT2D eigenvalue weighted by Gasteiger charge is 2.13. The van der Waals surface area contributed by atoms with Gasteiger partial charge in [-0.2, -0.15) is 0 Å². The Balaban J connectivity index is 1.66. The summed E-state index contributed by atoms with van der Waals surface area (Å²) >= 11 is 1.56. The number of hydrogen-bond acceptors (Lipinski definition) is 5. The number of rotatable bonds is 4. The molecule has 4 rings (SSSR count). The second-order valence-corrected chi connectivity index (χ2v) is 7.99. The first-order valence-electron chi connectivity index (χ1n) is 9.05. The van der Waals surface area contributed by atoms with Gasteiger partial charge in [0, 0.05) is 29.8 Å². The molecule has 28 heavy (non-hydrogen) atoms. The van der Waals surface area contributed by atoms with Crippen LogP contribution in [0.1, 0.15) is 22.3 Å². The highest BCUT2D eigenvalue weighted by Crippen LogP contribution is 2.29. The molecule has 5 nitrogen and oxygen atoms in total. The predicted molar refractivity (Wildman–Crippen MR) is 113 cm³/mol. The molecule has 6 heteroatoms. The van der Waals surface area contributed by atoms with Gasteiger partial charge in [-0.1, -0.05) is 35.5 Å². The number of nitrogens with zero attached hydrogens (tertiary/aromatic N) is 3. The monoisotopic (exact) mass is 391 g/mol. The number of benzene rings is 2. The fourth-order valence-corrected chi connectivity index (χ4v) is 4.12. The average molecular weight is 391 g/mol. The lowest BCUT2D eigenvalue weighted by Crippen LogP contribution is -2.01. The normalized spacial score (nSPS) is 11.3. The predicted octanol–water partition coefficient (Wildman–Crippen LogP) is 4.81. The van der Waals surface area contributed by atoms with Crippen LogP contribution in [0.4, 0.5) is 0 Å². The van der Waals surface area contributed by atoms with Crippen LogP contribution >= 0.6 is 11.8 Å². The molecule has 0 fully saturated rings. The molecule has 142 valence electrons. The molecule has 0 aliphatic heterocycles. The summed E-state index contributed by atoms with van der Waals surface area (Å²) < 4.78 is 7.38. The molecule has 0 saturated carbocycles. The third-order valence-electron chi connectivity index (χ3n) is 4.91. The second-order valence-electron chi connectivity index (χ2n) is 7.05. The zero-order valence-electron chi connectivity index (χ0n) is 16.3. The molecule has 4 aromatic rings. The van der Waals surface area contributed by atoms with Crippen molar-refractivity contribution in [3.05, 3.63) is 75.1 Å². The van der Waals surface area contributed by atoms with E-state index >= 15 is 0 Å². The zero-order valence-corrected chi connectivity index (χ0v) is 17.1. The third-order valence-corrected chi connectivity index (χ3v) is 5.98. The summed E-state index contributed by atoms with van der Waals surface area (Å²) in [7, 11) is 1.96. The van der Waals surface area contributed by atoms with E-state index in [1.165, 1.54) is 11.1 Å². The Bertz CT molecular complexity index is 1240. The van der Waals surface area contributed by atoms with E-state index in [0.29, 0.717) is 11.3 Å². The van der Waals surface area contributed by atoms with E-state index in [1.807, 2.05) is 36.7 Å². The summed E-state index contributed by atoms with van der Waals surface area (Å²) in [4.78, 5) is 12.0. The van der Waals surface area contributed by atoms with Crippen molar-refractivity contribution in [3.63, 3.8) is 0 Å². The summed E-state index contributed by atoms with van der Waals surface area (Å²) in [5.41, 5.74) is 5.75. The van der Waals surface area contributed by atoms with E-state index in [9.17, 15) is 4.79 Å². The van der Waals surface area contributed by atoms with Crippen molar-refractivity contribution >= 4 is 22.7 Å². The van der Waals surface area contributed by atoms with Gasteiger partial charge in [-0.05, 0) is 55.7 Å². The maximum atomic E-state index is 12.0. The van der Waals surface area contributed by atoms with Gasteiger partial charge in [0.1, 0.15) is 5.58 Å². The Labute approximate surface area is 167 Å². The van der Waals surface area contributed by atoms with Crippen LogP contribution in [-0.2, 0) is 12.8 Å². The average Bonchev–Trinajstić information content (AvgIpc) is 3.02. The van der Waals surface area contributed by atoms with Crippen LogP contribution in [0.5, 0.6) is 0 Å². The summed E-state index contributed by atoms with van der Waals surface area (Å²) in [5, 5.41) is 10.5. The molecule has 2 aromatic heterocycles. The molecule has 0 saturated heterocycles. The topological polar surface area (TPSA) is 60.9 Å². The Hall–Kier alpha value is -2.86. The minimum atomic E-state index is -0.329. The molecule has 0 bridgehead atoms. The van der Waals surface area contributed by atoms with Crippen LogP contribution in [0.25, 0.3) is 22.4 Å². The first-order valence-corrected chi connectivity index (χ1v) is 10.0. The molecule has 0 N–H and O–H groups in total. The molecular weight excluding hydrogens is 370 g/mol. The molecule has 2 aromatic carbocycles. The third kappa shape index (κ3) is 3.47. The van der Waals surface area contributed by atoms with Crippen molar-refractivity contribution in [1.82, 2.24) is 14.8 Å². The lowest BCUT2D eigenvalue weighted by atomic mass is 10.0. The molecule has 0 spiro atoms. The van der Waals surface area contributed by atoms with E-state index in [1.54, 1.807) is 17.8 Å². The lowest BCUT2D eigenvalue weighted by molar-refractivity contribution is 0.559. The van der Waals surface area contributed by atoms with Crippen LogP contribution < -0.4 is 5.63 Å². The largest absolute Gasteiger partial charge is 0.423 e. The van der Waals surface area contributed by atoms with Crippen LogP contribution in [0.3, 0.4) is 0 Å². The van der Waals surface area contributed by atoms with E-state index in [-0.39, 0.29) is 5.63 Å². The van der Waals surface area contributed by atoms with Gasteiger partial charge in [0.15, 0.2) is 11.0 Å². The quantitative estimate of drug-likeness (QED) is 0.369. The summed E-state index contributed by atoms with van der Waals surface area (Å²) in [6.07, 6.45) is 0. The summed E-state index contributed by atoms with van der Waals surface area (Å²) in [6.45, 7) is 6.14. The highest BCUT2D eigenvalue weighted by molar-refractivity contribution is 7.98. The van der Waals surface area contributed by atoms with Gasteiger partial charge in [-0.25, -0.2) is 4.79 Å². The Morgan fingerprint density at radius 1 is 1.04 bits per heavy atom. The van der Waals surface area contributed by atoms with Gasteiger partial charge < -0.3 is 8.98 Å². The number of fused-ring (bicyclic) bond motifs is 1. The van der Waals surface area contributed by atoms with Crippen molar-refractivity contribution < 1.29 is 4.42 Å². The van der Waals surface area contributed by atoms with Gasteiger partial charge in [-0.15, -0.1) is 10.2 Å². The number of thioether (sulfide) groups is 1. The van der Waals surface area contributed by atoms with Crippen molar-refractivity contribution in [2.75, 3.05) is 0 Å². The van der Waals surface area contributed by atoms with E-state index in [4.69, 9.17) is 4.42 Å². The van der Waals surface area contributed by atoms with Gasteiger partial charge in [0.2, 0.25) is 0 Å². The standard InChI is InChI=1S/C22H21N3O2S/c1-13-6-5-7-16(8-13)21-23-24-22(25(21)4)28-12-17-11-20(26)27-19-10-15(3)14(2)9-18(17)19/h5-11H,12H2,1-4H3. The van der Waals surface area contributed by atoms with Crippen molar-refractivity contribution in [1.29, 1.82) is 0 Å². The Morgan fingerprint density at radius 2 is 1.82 bits per heavy atom. The number of aromatic nitrogens is 3. The maximum absolute atomic E-state index is 12.0. The molecular formula is C22H21N3O2S. The highest BCUT2D eigenvalue weighted by atomic mass is 32.2. The minimum Gasteiger partial charge on any atom is -0.423 e. The molecule has 0 amide bonds. The van der Waals surface area contributed by atoms with E-state index in [0.717, 1.165) is 33.1 Å². The first-order chi connectivity index (χ1) is 13.4. The summed E-state index contributed by atoms with van der Waals surface area (Å²) in [6, 6.07) is 13.8. The molecule has 0 aliphatic rings. The van der Waals surface area contributed by atoms with Gasteiger partial charge >= 0.3 is 5.63 Å². The number of hydrogen-bond donors (Lipinski definition) is 0. The maximum Gasteiger partial charge on any atom is 0.336 e. The van der Waals surface area contributed by atoms with Crippen molar-refractivity contribution in [2.45, 2.75) is 31.7 Å². The van der Waals surface area contributed by atoms with Crippen LogP contribution in [0.2, 0.25) is 0 Å². The smallest absolute Gasteiger partial charge is 0.336 e. The Kier molecular flexibility index (Phi) is 4.81. The van der Waals surface area contributed by atoms with Gasteiger partial charge in [0.05, 0.1) is 0 Å². The first kappa shape index (κ1) is 18.5. The SMILES string of the molecule is Cc1cccc(-c2nnc(SCc3cc(=O)oc4cc(C)c(C)cc34)n2C)c1. The minimum absolute atomic E-state index is 0.329. The van der Waals surface area contributed by atoms with Gasteiger partial charge in [-0.3, -0.25) is 0 Å². The fourth-order valence-electron chi connectivity index (χ4n) is 3.22. The lowest BCUT2D eigenvalue weighted by Gasteiger charge is -2.08. The molecule has 0 unspecified atom stereocenters. The van der Waals surface area contributed by atoms with E-state index in [2.05, 4.69) is 42.2 Å². The zero-order chi connectivity index (χ0) is 19.8. The van der Waals surface area contributed by atoms with Crippen LogP contribution in [0.15, 0.2) is 56.8 Å². The van der Waals surface area contributed by atoms with Crippen LogP contribution in [0, 0.1) is 20.8 Å². The Morgan fingerprint density at radius 3 is 2.61 bits per heavy atom. The molecule has 0 atom stereocenters. The summed E-state index contributed by atoms with van der Waals surface area (Å²) in [5.74, 6) is 1.44. The van der Waals surface area contributed by atoms with Gasteiger partial charge in [0.25, 0.3) is 0 Å². The molecule has 0 aliphatic carbocycles. The number of aryl methyl sites for hydroxylation is 3. The fraction of sp³-hybridized carbons (Fsp3) is 0.227. The van der Waals surface area contributed by atoms with Crippen LogP contribution in [-0.4, -0.2) is 14.8 Å². The van der Waals surface area contributed by atoms with Crippen molar-refractivity contribution in [2.24, 2.45) is 7.05 Å². The van der Waals surface area contributed by atoms with Crippen molar-refractivity contribution in [3.8, 4) is 11.4 Å².